The maximum atomic E-state index is 13.5. The molecule has 0 aliphatic carbocycles. The molecule has 1 heterocycles. The van der Waals surface area contributed by atoms with E-state index >= 15 is 0 Å². The first-order valence-corrected chi connectivity index (χ1v) is 8.14. The highest BCUT2D eigenvalue weighted by Crippen LogP contribution is 2.38. The fraction of sp³-hybridized carbons (Fsp3) is 0. The summed E-state index contributed by atoms with van der Waals surface area (Å²) in [4.78, 5) is 0. The molecule has 0 unspecified atom stereocenters. The Kier molecular flexibility index (Phi) is 2.53. The van der Waals surface area contributed by atoms with Crippen LogP contribution in [-0.4, -0.2) is 0 Å². The second kappa shape index (κ2) is 4.49. The van der Waals surface area contributed by atoms with Gasteiger partial charge in [-0.1, -0.05) is 24.3 Å². The lowest BCUT2D eigenvalue weighted by Gasteiger charge is -2.01. The van der Waals surface area contributed by atoms with Gasteiger partial charge in [0.2, 0.25) is 0 Å². The molecule has 0 N–H and O–H groups in total. The van der Waals surface area contributed by atoms with Crippen molar-refractivity contribution in [1.82, 2.24) is 0 Å². The number of hydrogen-bond acceptors (Lipinski definition) is 1. The van der Waals surface area contributed by atoms with Crippen LogP contribution in [0.5, 0.6) is 0 Å². The lowest BCUT2D eigenvalue weighted by Crippen LogP contribution is -1.83. The molecule has 110 valence electrons. The number of fused-ring (bicyclic) bond motifs is 5. The van der Waals surface area contributed by atoms with Crippen molar-refractivity contribution in [3.8, 4) is 0 Å². The van der Waals surface area contributed by atoms with Crippen molar-refractivity contribution in [3.63, 3.8) is 0 Å². The van der Waals surface area contributed by atoms with E-state index in [0.29, 0.717) is 0 Å². The molecule has 4 aromatic carbocycles. The maximum absolute atomic E-state index is 13.5. The molecule has 0 aliphatic rings. The minimum absolute atomic E-state index is 0.726. The summed E-state index contributed by atoms with van der Waals surface area (Å²) in [5.74, 6) is -1.61. The smallest absolute Gasteiger partial charge is 0.159 e. The normalized spacial score (nSPS) is 11.9. The van der Waals surface area contributed by atoms with E-state index in [1.54, 1.807) is 11.3 Å². The largest absolute Gasteiger partial charge is 0.204 e. The Balaban J connectivity index is 1.96. The topological polar surface area (TPSA) is 0 Å². The van der Waals surface area contributed by atoms with Crippen molar-refractivity contribution >= 4 is 53.1 Å². The third-order valence-electron chi connectivity index (χ3n) is 4.34. The zero-order valence-corrected chi connectivity index (χ0v) is 12.8. The minimum Gasteiger partial charge on any atom is -0.204 e. The summed E-state index contributed by atoms with van der Waals surface area (Å²) in [5.41, 5.74) is 0. The predicted molar refractivity (Wildman–Crippen MR) is 94.3 cm³/mol. The molecule has 0 amide bonds. The van der Waals surface area contributed by atoms with Crippen LogP contribution in [0.3, 0.4) is 0 Å². The molecule has 0 spiro atoms. The average Bonchev–Trinajstić information content (AvgIpc) is 2.88. The van der Waals surface area contributed by atoms with Crippen LogP contribution in [0.25, 0.3) is 41.7 Å². The summed E-state index contributed by atoms with van der Waals surface area (Å²) in [6.45, 7) is 0. The van der Waals surface area contributed by atoms with Crippen LogP contribution in [0.15, 0.2) is 60.7 Å². The van der Waals surface area contributed by atoms with Crippen molar-refractivity contribution < 1.29 is 8.78 Å². The number of hydrogen-bond donors (Lipinski definition) is 0. The van der Waals surface area contributed by atoms with Gasteiger partial charge in [0, 0.05) is 20.2 Å². The van der Waals surface area contributed by atoms with Crippen molar-refractivity contribution in [2.45, 2.75) is 0 Å². The minimum atomic E-state index is -0.804. The third-order valence-corrected chi connectivity index (χ3v) is 5.45. The van der Waals surface area contributed by atoms with E-state index in [0.717, 1.165) is 26.2 Å². The van der Waals surface area contributed by atoms with Gasteiger partial charge in [-0.2, -0.15) is 0 Å². The van der Waals surface area contributed by atoms with Gasteiger partial charge in [0.05, 0.1) is 0 Å². The van der Waals surface area contributed by atoms with Crippen molar-refractivity contribution in [2.75, 3.05) is 0 Å². The Bertz CT molecular complexity index is 1230. The van der Waals surface area contributed by atoms with Crippen molar-refractivity contribution in [2.24, 2.45) is 0 Å². The Morgan fingerprint density at radius 1 is 0.565 bits per heavy atom. The van der Waals surface area contributed by atoms with Gasteiger partial charge < -0.3 is 0 Å². The van der Waals surface area contributed by atoms with Crippen molar-refractivity contribution in [1.29, 1.82) is 0 Å². The van der Waals surface area contributed by atoms with Gasteiger partial charge >= 0.3 is 0 Å². The summed E-state index contributed by atoms with van der Waals surface area (Å²) >= 11 is 1.69. The highest BCUT2D eigenvalue weighted by molar-refractivity contribution is 7.26. The van der Waals surface area contributed by atoms with E-state index in [2.05, 4.69) is 24.3 Å². The van der Waals surface area contributed by atoms with E-state index in [4.69, 9.17) is 0 Å². The summed E-state index contributed by atoms with van der Waals surface area (Å²) in [6.07, 6.45) is 0. The van der Waals surface area contributed by atoms with Crippen molar-refractivity contribution in [3.05, 3.63) is 72.3 Å². The first-order valence-electron chi connectivity index (χ1n) is 7.33. The molecule has 0 bridgehead atoms. The molecule has 0 nitrogen and oxygen atoms in total. The molecule has 5 rings (SSSR count). The molecular weight excluding hydrogens is 310 g/mol. The van der Waals surface area contributed by atoms with E-state index < -0.39 is 11.6 Å². The van der Waals surface area contributed by atoms with Crippen LogP contribution < -0.4 is 0 Å². The van der Waals surface area contributed by atoms with Crippen LogP contribution in [-0.2, 0) is 0 Å². The van der Waals surface area contributed by atoms with E-state index in [1.165, 1.54) is 27.6 Å². The second-order valence-electron chi connectivity index (χ2n) is 5.76. The molecule has 0 aliphatic heterocycles. The SMILES string of the molecule is Fc1cc2cc3sc4cc5ccccc5cc4c3cc2cc1F. The summed E-state index contributed by atoms with van der Waals surface area (Å²) in [7, 11) is 0. The molecule has 5 aromatic rings. The zero-order valence-electron chi connectivity index (χ0n) is 11.9. The van der Waals surface area contributed by atoms with Gasteiger partial charge in [-0.3, -0.25) is 0 Å². The van der Waals surface area contributed by atoms with Gasteiger partial charge in [-0.25, -0.2) is 8.78 Å². The fourth-order valence-electron chi connectivity index (χ4n) is 3.20. The molecule has 1 aromatic heterocycles. The van der Waals surface area contributed by atoms with E-state index in [1.807, 2.05) is 24.3 Å². The number of rotatable bonds is 0. The molecular formula is C20H10F2S. The summed E-state index contributed by atoms with van der Waals surface area (Å²) in [6, 6.07) is 19.0. The molecule has 23 heavy (non-hydrogen) atoms. The van der Waals surface area contributed by atoms with Crippen LogP contribution >= 0.6 is 11.3 Å². The summed E-state index contributed by atoms with van der Waals surface area (Å²) in [5, 5.41) is 6.10. The molecule has 0 atom stereocenters. The quantitative estimate of drug-likeness (QED) is 0.300. The Labute approximate surface area is 134 Å². The fourth-order valence-corrected chi connectivity index (χ4v) is 4.37. The average molecular weight is 320 g/mol. The van der Waals surface area contributed by atoms with Crippen LogP contribution in [0.2, 0.25) is 0 Å². The highest BCUT2D eigenvalue weighted by Gasteiger charge is 2.10. The maximum Gasteiger partial charge on any atom is 0.159 e. The van der Waals surface area contributed by atoms with E-state index in [9.17, 15) is 8.78 Å². The van der Waals surface area contributed by atoms with Gasteiger partial charge in [0.25, 0.3) is 0 Å². The number of thiophene rings is 1. The van der Waals surface area contributed by atoms with Gasteiger partial charge in [0.1, 0.15) is 0 Å². The lowest BCUT2D eigenvalue weighted by molar-refractivity contribution is 0.511. The third kappa shape index (κ3) is 1.87. The standard InChI is InChI=1S/C20H10F2S/c21-17-7-13-6-16-15-5-11-3-1-2-4-12(11)9-19(15)23-20(16)10-14(13)8-18(17)22/h1-10H. The zero-order chi connectivity index (χ0) is 15.6. The molecule has 0 saturated carbocycles. The molecule has 0 radical (unpaired) electrons. The highest BCUT2D eigenvalue weighted by atomic mass is 32.1. The van der Waals surface area contributed by atoms with E-state index in [-0.39, 0.29) is 0 Å². The molecule has 0 fully saturated rings. The van der Waals surface area contributed by atoms with Crippen LogP contribution in [0.4, 0.5) is 8.78 Å². The first kappa shape index (κ1) is 13.0. The first-order chi connectivity index (χ1) is 11.2. The second-order valence-corrected chi connectivity index (χ2v) is 6.84. The summed E-state index contributed by atoms with van der Waals surface area (Å²) < 4.78 is 29.3. The van der Waals surface area contributed by atoms with Gasteiger partial charge in [0.15, 0.2) is 11.6 Å². The lowest BCUT2D eigenvalue weighted by atomic mass is 10.0. The Morgan fingerprint density at radius 3 is 1.70 bits per heavy atom. The monoisotopic (exact) mass is 320 g/mol. The predicted octanol–water partition coefficient (Wildman–Crippen LogP) is 6.64. The van der Waals surface area contributed by atoms with Crippen LogP contribution in [0.1, 0.15) is 0 Å². The van der Waals surface area contributed by atoms with Gasteiger partial charge in [-0.05, 0) is 57.9 Å². The molecule has 3 heteroatoms. The number of benzene rings is 4. The van der Waals surface area contributed by atoms with Crippen LogP contribution in [0, 0.1) is 11.6 Å². The number of halogens is 2. The Morgan fingerprint density at radius 2 is 1.04 bits per heavy atom. The van der Waals surface area contributed by atoms with Gasteiger partial charge in [-0.15, -0.1) is 11.3 Å². The Hall–Kier alpha value is -2.52. The molecule has 0 saturated heterocycles.